The molecule has 1 N–H and O–H groups in total. The van der Waals surface area contributed by atoms with E-state index in [0.29, 0.717) is 12.1 Å². The van der Waals surface area contributed by atoms with Gasteiger partial charge in [-0.2, -0.15) is 0 Å². The number of rotatable bonds is 1. The minimum Gasteiger partial charge on any atom is -0.494 e. The zero-order chi connectivity index (χ0) is 9.14. The Bertz CT molecular complexity index is 297. The summed E-state index contributed by atoms with van der Waals surface area (Å²) in [6.45, 7) is 1.83. The average Bonchev–Trinajstić information content (AvgIpc) is 2.08. The quantitative estimate of drug-likeness (QED) is 0.638. The second-order valence-corrected chi connectivity index (χ2v) is 2.54. The van der Waals surface area contributed by atoms with E-state index in [-0.39, 0.29) is 11.3 Å². The van der Waals surface area contributed by atoms with E-state index < -0.39 is 0 Å². The van der Waals surface area contributed by atoms with E-state index in [1.165, 1.54) is 7.11 Å². The Morgan fingerprint density at radius 3 is 2.67 bits per heavy atom. The molecule has 0 aliphatic heterocycles. The van der Waals surface area contributed by atoms with Crippen molar-refractivity contribution in [2.45, 2.75) is 6.92 Å². The molecule has 0 atom stereocenters. The molecular formula is C9H10FNO. The molecule has 0 saturated heterocycles. The topological polar surface area (TPSA) is 33.1 Å². The summed E-state index contributed by atoms with van der Waals surface area (Å²) in [6, 6.07) is 0. The highest BCUT2D eigenvalue weighted by Gasteiger charge is 2.14. The molecular weight excluding hydrogens is 157 g/mol. The van der Waals surface area contributed by atoms with Gasteiger partial charge in [-0.3, -0.25) is 5.41 Å². The third kappa shape index (κ3) is 1.44. The maximum Gasteiger partial charge on any atom is 0.144 e. The first-order valence-electron chi connectivity index (χ1n) is 3.52. The number of allylic oxidation sites excluding steroid dienone is 4. The Labute approximate surface area is 70.5 Å². The average molecular weight is 167 g/mol. The van der Waals surface area contributed by atoms with Crippen LogP contribution >= 0.6 is 0 Å². The van der Waals surface area contributed by atoms with Crippen LogP contribution in [-0.2, 0) is 4.74 Å². The zero-order valence-electron chi connectivity index (χ0n) is 7.02. The fraction of sp³-hybridized carbons (Fsp3) is 0.222. The van der Waals surface area contributed by atoms with Gasteiger partial charge in [-0.25, -0.2) is 4.39 Å². The first-order chi connectivity index (χ1) is 5.69. The van der Waals surface area contributed by atoms with E-state index in [1.54, 1.807) is 12.2 Å². The molecule has 1 aliphatic rings. The lowest BCUT2D eigenvalue weighted by atomic mass is 10.0. The van der Waals surface area contributed by atoms with Gasteiger partial charge in [0.05, 0.1) is 13.4 Å². The van der Waals surface area contributed by atoms with E-state index in [9.17, 15) is 4.39 Å². The van der Waals surface area contributed by atoms with Crippen LogP contribution in [0.5, 0.6) is 0 Å². The van der Waals surface area contributed by atoms with Gasteiger partial charge in [-0.1, -0.05) is 0 Å². The number of hydrogen-bond donors (Lipinski definition) is 1. The molecule has 0 fully saturated rings. The predicted molar refractivity (Wildman–Crippen MR) is 45.8 cm³/mol. The molecule has 1 rings (SSSR count). The highest BCUT2D eigenvalue weighted by molar-refractivity contribution is 6.12. The smallest absolute Gasteiger partial charge is 0.144 e. The third-order valence-electron chi connectivity index (χ3n) is 1.61. The molecule has 2 nitrogen and oxygen atoms in total. The molecule has 0 aromatic carbocycles. The molecule has 0 amide bonds. The van der Waals surface area contributed by atoms with Gasteiger partial charge in [-0.05, 0) is 24.6 Å². The van der Waals surface area contributed by atoms with Gasteiger partial charge in [-0.15, -0.1) is 0 Å². The van der Waals surface area contributed by atoms with Crippen LogP contribution in [0.2, 0.25) is 0 Å². The highest BCUT2D eigenvalue weighted by Crippen LogP contribution is 2.19. The molecule has 3 heteroatoms. The van der Waals surface area contributed by atoms with Crippen LogP contribution in [0.4, 0.5) is 4.39 Å². The van der Waals surface area contributed by atoms with Crippen molar-refractivity contribution in [3.8, 4) is 0 Å². The summed E-state index contributed by atoms with van der Waals surface area (Å²) in [5, 5.41) is 7.45. The second kappa shape index (κ2) is 3.34. The lowest BCUT2D eigenvalue weighted by Crippen LogP contribution is -2.09. The molecule has 0 radical (unpaired) electrons. The van der Waals surface area contributed by atoms with Crippen molar-refractivity contribution in [1.29, 1.82) is 5.41 Å². The van der Waals surface area contributed by atoms with Gasteiger partial charge in [0.15, 0.2) is 0 Å². The lowest BCUT2D eigenvalue weighted by molar-refractivity contribution is 0.314. The van der Waals surface area contributed by atoms with E-state index in [2.05, 4.69) is 0 Å². The van der Waals surface area contributed by atoms with Crippen LogP contribution in [0.3, 0.4) is 0 Å². The second-order valence-electron chi connectivity index (χ2n) is 2.54. The SMILES string of the molecule is COC1=CC(C)=C/C(=C/F)C1=N. The van der Waals surface area contributed by atoms with Crippen LogP contribution in [0, 0.1) is 5.41 Å². The van der Waals surface area contributed by atoms with Crippen LogP contribution in [-0.4, -0.2) is 12.8 Å². The summed E-state index contributed by atoms with van der Waals surface area (Å²) in [5.41, 5.74) is 1.23. The minimum absolute atomic E-state index is 0.0885. The monoisotopic (exact) mass is 167 g/mol. The number of ether oxygens (including phenoxy) is 1. The van der Waals surface area contributed by atoms with E-state index in [0.717, 1.165) is 5.57 Å². The van der Waals surface area contributed by atoms with Gasteiger partial charge in [0.25, 0.3) is 0 Å². The van der Waals surface area contributed by atoms with Crippen molar-refractivity contribution >= 4 is 5.71 Å². The van der Waals surface area contributed by atoms with E-state index in [4.69, 9.17) is 10.1 Å². The van der Waals surface area contributed by atoms with Crippen molar-refractivity contribution in [3.63, 3.8) is 0 Å². The van der Waals surface area contributed by atoms with Gasteiger partial charge < -0.3 is 4.74 Å². The standard InChI is InChI=1S/C9H10FNO/c1-6-3-7(5-10)9(11)8(4-6)12-2/h3-5,11H,1-2H3/b7-5-,11-9?. The van der Waals surface area contributed by atoms with Gasteiger partial charge in [0.2, 0.25) is 0 Å². The normalized spacial score (nSPS) is 20.6. The van der Waals surface area contributed by atoms with Crippen LogP contribution < -0.4 is 0 Å². The molecule has 0 aromatic heterocycles. The van der Waals surface area contributed by atoms with Crippen LogP contribution in [0.25, 0.3) is 0 Å². The van der Waals surface area contributed by atoms with Gasteiger partial charge in [0, 0.05) is 5.57 Å². The number of halogens is 1. The minimum atomic E-state index is 0.0885. The first kappa shape index (κ1) is 8.71. The van der Waals surface area contributed by atoms with E-state index >= 15 is 0 Å². The van der Waals surface area contributed by atoms with Crippen molar-refractivity contribution in [3.05, 3.63) is 35.4 Å². The van der Waals surface area contributed by atoms with E-state index in [1.807, 2.05) is 6.92 Å². The fourth-order valence-electron chi connectivity index (χ4n) is 1.03. The molecule has 0 saturated carbocycles. The molecule has 0 bridgehead atoms. The molecule has 0 spiro atoms. The molecule has 0 heterocycles. The summed E-state index contributed by atoms with van der Waals surface area (Å²) in [5.74, 6) is 0.402. The summed E-state index contributed by atoms with van der Waals surface area (Å²) in [7, 11) is 1.47. The Morgan fingerprint density at radius 1 is 1.50 bits per heavy atom. The third-order valence-corrected chi connectivity index (χ3v) is 1.61. The number of hydrogen-bond acceptors (Lipinski definition) is 2. The fourth-order valence-corrected chi connectivity index (χ4v) is 1.03. The molecule has 64 valence electrons. The summed E-state index contributed by atoms with van der Waals surface area (Å²) in [6.07, 6.45) is 3.72. The van der Waals surface area contributed by atoms with Crippen molar-refractivity contribution in [1.82, 2.24) is 0 Å². The zero-order valence-corrected chi connectivity index (χ0v) is 7.02. The number of nitrogens with one attached hydrogen (secondary N) is 1. The number of methoxy groups -OCH3 is 1. The summed E-state index contributed by atoms with van der Waals surface area (Å²) >= 11 is 0. The molecule has 0 aromatic rings. The first-order valence-corrected chi connectivity index (χ1v) is 3.52. The highest BCUT2D eigenvalue weighted by atomic mass is 19.1. The Morgan fingerprint density at radius 2 is 2.17 bits per heavy atom. The Balaban J connectivity index is 3.07. The summed E-state index contributed by atoms with van der Waals surface area (Å²) in [4.78, 5) is 0. The largest absolute Gasteiger partial charge is 0.494 e. The predicted octanol–water partition coefficient (Wildman–Crippen LogP) is 2.35. The van der Waals surface area contributed by atoms with Crippen molar-refractivity contribution in [2.75, 3.05) is 7.11 Å². The Kier molecular flexibility index (Phi) is 2.43. The molecule has 1 aliphatic carbocycles. The van der Waals surface area contributed by atoms with Crippen molar-refractivity contribution in [2.24, 2.45) is 0 Å². The maximum absolute atomic E-state index is 12.2. The van der Waals surface area contributed by atoms with Gasteiger partial charge >= 0.3 is 0 Å². The molecule has 12 heavy (non-hydrogen) atoms. The summed E-state index contributed by atoms with van der Waals surface area (Å²) < 4.78 is 17.1. The van der Waals surface area contributed by atoms with Crippen molar-refractivity contribution < 1.29 is 9.13 Å². The Hall–Kier alpha value is -1.38. The maximum atomic E-state index is 12.2. The van der Waals surface area contributed by atoms with Gasteiger partial charge in [0.1, 0.15) is 11.5 Å². The lowest BCUT2D eigenvalue weighted by Gasteiger charge is -2.13. The van der Waals surface area contributed by atoms with Crippen LogP contribution in [0.1, 0.15) is 6.92 Å². The molecule has 0 unspecified atom stereocenters. The van der Waals surface area contributed by atoms with Crippen LogP contribution in [0.15, 0.2) is 35.4 Å².